The predicted octanol–water partition coefficient (Wildman–Crippen LogP) is 5.95. The fourth-order valence-electron chi connectivity index (χ4n) is 3.47. The zero-order valence-electron chi connectivity index (χ0n) is 18.4. The molecule has 180 valence electrons. The quantitative estimate of drug-likeness (QED) is 0.266. The SMILES string of the molecule is Cc1ccc(C(=O)NCc2ccc(Cl)cc2Cl)c(N(c2nsnc2Cc2ccccc2)S(=O)O)c1. The molecule has 0 aliphatic rings. The summed E-state index contributed by atoms with van der Waals surface area (Å²) in [4.78, 5) is 13.2. The highest BCUT2D eigenvalue weighted by Crippen LogP contribution is 2.33. The monoisotopic (exact) mass is 546 g/mol. The zero-order chi connectivity index (χ0) is 24.9. The molecule has 1 atom stereocenters. The van der Waals surface area contributed by atoms with Crippen LogP contribution >= 0.6 is 34.9 Å². The average Bonchev–Trinajstić information content (AvgIpc) is 3.26. The molecule has 0 spiro atoms. The molecule has 4 aromatic rings. The van der Waals surface area contributed by atoms with Crippen LogP contribution in [0.25, 0.3) is 0 Å². The molecule has 0 aliphatic heterocycles. The van der Waals surface area contributed by atoms with Crippen LogP contribution in [0.4, 0.5) is 11.5 Å². The molecular formula is C24H20Cl2N4O3S2. The number of aryl methyl sites for hydroxylation is 1. The Kier molecular flexibility index (Phi) is 8.15. The van der Waals surface area contributed by atoms with Crippen LogP contribution in [-0.2, 0) is 24.2 Å². The number of nitrogens with one attached hydrogen (secondary N) is 1. The third kappa shape index (κ3) is 6.06. The summed E-state index contributed by atoms with van der Waals surface area (Å²) in [5.74, 6) is -0.214. The lowest BCUT2D eigenvalue weighted by molar-refractivity contribution is 0.0951. The van der Waals surface area contributed by atoms with Crippen molar-refractivity contribution in [2.24, 2.45) is 0 Å². The Balaban J connectivity index is 1.67. The zero-order valence-corrected chi connectivity index (χ0v) is 21.6. The molecule has 0 radical (unpaired) electrons. The second kappa shape index (κ2) is 11.3. The number of hydrogen-bond donors (Lipinski definition) is 2. The van der Waals surface area contributed by atoms with E-state index in [9.17, 15) is 13.6 Å². The normalized spacial score (nSPS) is 11.8. The number of hydrogen-bond acceptors (Lipinski definition) is 5. The van der Waals surface area contributed by atoms with E-state index in [0.29, 0.717) is 27.7 Å². The van der Waals surface area contributed by atoms with Gasteiger partial charge >= 0.3 is 0 Å². The number of carbonyl (C=O) groups excluding carboxylic acids is 1. The molecule has 11 heteroatoms. The summed E-state index contributed by atoms with van der Waals surface area (Å²) in [5.41, 5.74) is 3.46. The smallest absolute Gasteiger partial charge is 0.268 e. The Hall–Kier alpha value is -2.82. The standard InChI is InChI=1S/C24H20Cl2N4O3S2/c1-15-7-10-19(24(31)27-14-17-8-9-18(25)13-20(17)26)22(11-15)30(35(32)33)23-21(28-34-29-23)12-16-5-3-2-4-6-16/h2-11,13H,12,14H2,1H3,(H,27,31)(H,32,33). The van der Waals surface area contributed by atoms with E-state index in [1.165, 1.54) is 0 Å². The van der Waals surface area contributed by atoms with Gasteiger partial charge in [-0.05, 0) is 47.9 Å². The molecule has 0 fully saturated rings. The lowest BCUT2D eigenvalue weighted by atomic mass is 10.1. The van der Waals surface area contributed by atoms with Crippen LogP contribution < -0.4 is 9.62 Å². The summed E-state index contributed by atoms with van der Waals surface area (Å²) < 4.78 is 32.6. The van der Waals surface area contributed by atoms with Crippen LogP contribution in [0.15, 0.2) is 66.7 Å². The van der Waals surface area contributed by atoms with Crippen molar-refractivity contribution in [2.75, 3.05) is 4.31 Å². The van der Waals surface area contributed by atoms with Gasteiger partial charge in [0.05, 0.1) is 23.0 Å². The van der Waals surface area contributed by atoms with Crippen molar-refractivity contribution in [3.63, 3.8) is 0 Å². The number of carbonyl (C=O) groups is 1. The van der Waals surface area contributed by atoms with Gasteiger partial charge in [-0.3, -0.25) is 9.35 Å². The summed E-state index contributed by atoms with van der Waals surface area (Å²) >= 11 is 10.6. The first-order valence-electron chi connectivity index (χ1n) is 10.4. The van der Waals surface area contributed by atoms with Crippen LogP contribution in [0, 0.1) is 6.92 Å². The van der Waals surface area contributed by atoms with E-state index in [4.69, 9.17) is 23.2 Å². The maximum absolute atomic E-state index is 13.2. The molecule has 0 saturated carbocycles. The molecule has 1 unspecified atom stereocenters. The lowest BCUT2D eigenvalue weighted by Gasteiger charge is -2.22. The topological polar surface area (TPSA) is 95.4 Å². The van der Waals surface area contributed by atoms with Crippen LogP contribution in [0.3, 0.4) is 0 Å². The minimum Gasteiger partial charge on any atom is -0.348 e. The van der Waals surface area contributed by atoms with Gasteiger partial charge in [-0.2, -0.15) is 8.75 Å². The first-order valence-corrected chi connectivity index (χ1v) is 13.0. The minimum atomic E-state index is -2.51. The van der Waals surface area contributed by atoms with Gasteiger partial charge in [0.25, 0.3) is 17.2 Å². The Bertz CT molecular complexity index is 1380. The Morgan fingerprint density at radius 1 is 1.09 bits per heavy atom. The molecule has 0 saturated heterocycles. The maximum atomic E-state index is 13.2. The maximum Gasteiger partial charge on any atom is 0.268 e. The van der Waals surface area contributed by atoms with Crippen molar-refractivity contribution in [1.29, 1.82) is 0 Å². The van der Waals surface area contributed by atoms with Crippen molar-refractivity contribution in [3.8, 4) is 0 Å². The van der Waals surface area contributed by atoms with E-state index in [1.54, 1.807) is 36.4 Å². The highest BCUT2D eigenvalue weighted by Gasteiger charge is 2.27. The van der Waals surface area contributed by atoms with E-state index >= 15 is 0 Å². The van der Waals surface area contributed by atoms with Crippen molar-refractivity contribution < 1.29 is 13.6 Å². The fourth-order valence-corrected chi connectivity index (χ4v) is 5.16. The van der Waals surface area contributed by atoms with E-state index in [1.807, 2.05) is 37.3 Å². The second-order valence-corrected chi connectivity index (χ2v) is 9.86. The summed E-state index contributed by atoms with van der Waals surface area (Å²) in [5, 5.41) is 3.75. The fraction of sp³-hybridized carbons (Fsp3) is 0.125. The van der Waals surface area contributed by atoms with Crippen LogP contribution in [-0.4, -0.2) is 23.4 Å². The predicted molar refractivity (Wildman–Crippen MR) is 141 cm³/mol. The third-order valence-corrected chi connectivity index (χ3v) is 7.00. The van der Waals surface area contributed by atoms with Gasteiger partial charge < -0.3 is 5.32 Å². The van der Waals surface area contributed by atoms with Crippen molar-refractivity contribution in [3.05, 3.63) is 105 Å². The van der Waals surface area contributed by atoms with Crippen molar-refractivity contribution >= 4 is 63.6 Å². The average molecular weight is 547 g/mol. The summed E-state index contributed by atoms with van der Waals surface area (Å²) in [6, 6.07) is 19.7. The summed E-state index contributed by atoms with van der Waals surface area (Å²) in [6.07, 6.45) is 0.419. The van der Waals surface area contributed by atoms with Gasteiger partial charge in [-0.25, -0.2) is 8.51 Å². The summed E-state index contributed by atoms with van der Waals surface area (Å²) in [7, 11) is 0. The summed E-state index contributed by atoms with van der Waals surface area (Å²) in [6.45, 7) is 1.99. The lowest BCUT2D eigenvalue weighted by Crippen LogP contribution is -2.28. The van der Waals surface area contributed by atoms with Gasteiger partial charge in [-0.15, -0.1) is 0 Å². The van der Waals surface area contributed by atoms with E-state index in [0.717, 1.165) is 27.2 Å². The highest BCUT2D eigenvalue weighted by molar-refractivity contribution is 7.81. The largest absolute Gasteiger partial charge is 0.348 e. The molecule has 1 aromatic heterocycles. The number of amides is 1. The van der Waals surface area contributed by atoms with Crippen LogP contribution in [0.2, 0.25) is 10.0 Å². The van der Waals surface area contributed by atoms with Gasteiger partial charge in [-0.1, -0.05) is 65.7 Å². The molecule has 0 aliphatic carbocycles. The molecule has 35 heavy (non-hydrogen) atoms. The Morgan fingerprint density at radius 3 is 2.57 bits per heavy atom. The van der Waals surface area contributed by atoms with Gasteiger partial charge in [0, 0.05) is 23.0 Å². The molecule has 4 rings (SSSR count). The highest BCUT2D eigenvalue weighted by atomic mass is 35.5. The number of anilines is 2. The first kappa shape index (κ1) is 25.3. The molecule has 7 nitrogen and oxygen atoms in total. The minimum absolute atomic E-state index is 0.155. The van der Waals surface area contributed by atoms with Crippen LogP contribution in [0.1, 0.15) is 32.7 Å². The Labute approximate surface area is 219 Å². The van der Waals surface area contributed by atoms with Gasteiger partial charge in [0.1, 0.15) is 5.69 Å². The molecule has 3 aromatic carbocycles. The van der Waals surface area contributed by atoms with Crippen LogP contribution in [0.5, 0.6) is 0 Å². The third-order valence-electron chi connectivity index (χ3n) is 5.17. The number of halogens is 2. The molecule has 1 heterocycles. The first-order chi connectivity index (χ1) is 16.8. The van der Waals surface area contributed by atoms with E-state index in [2.05, 4.69) is 14.1 Å². The molecule has 1 amide bonds. The second-order valence-electron chi connectivity index (χ2n) is 7.66. The van der Waals surface area contributed by atoms with E-state index < -0.39 is 17.2 Å². The molecule has 2 N–H and O–H groups in total. The number of nitrogens with zero attached hydrogens (tertiary/aromatic N) is 3. The number of rotatable bonds is 8. The molecular weight excluding hydrogens is 527 g/mol. The number of benzene rings is 3. The Morgan fingerprint density at radius 2 is 1.86 bits per heavy atom. The van der Waals surface area contributed by atoms with E-state index in [-0.39, 0.29) is 23.6 Å². The molecule has 0 bridgehead atoms. The van der Waals surface area contributed by atoms with Crippen molar-refractivity contribution in [1.82, 2.24) is 14.1 Å². The van der Waals surface area contributed by atoms with Gasteiger partial charge in [0.15, 0.2) is 5.82 Å². The number of aromatic nitrogens is 2. The van der Waals surface area contributed by atoms with Crippen molar-refractivity contribution in [2.45, 2.75) is 19.9 Å². The van der Waals surface area contributed by atoms with Gasteiger partial charge in [0.2, 0.25) is 0 Å².